The Morgan fingerprint density at radius 2 is 1.79 bits per heavy atom. The van der Waals surface area contributed by atoms with Gasteiger partial charge in [-0.05, 0) is 66.0 Å². The summed E-state index contributed by atoms with van der Waals surface area (Å²) >= 11 is 12.1. The maximum Gasteiger partial charge on any atom is 0.229 e. The van der Waals surface area contributed by atoms with Crippen molar-refractivity contribution in [2.24, 2.45) is 0 Å². The Hall–Kier alpha value is -0.530. The van der Waals surface area contributed by atoms with E-state index in [-0.39, 0.29) is 11.2 Å². The fourth-order valence-corrected chi connectivity index (χ4v) is 4.16. The molecule has 2 aliphatic carbocycles. The van der Waals surface area contributed by atoms with E-state index in [9.17, 15) is 4.79 Å². The number of hydrogen-bond donors (Lipinski definition) is 0. The molecular formula is C16H18Cl2O. The summed E-state index contributed by atoms with van der Waals surface area (Å²) in [5.41, 5.74) is 3.64. The Morgan fingerprint density at radius 1 is 1.05 bits per heavy atom. The predicted molar refractivity (Wildman–Crippen MR) is 79.2 cm³/mol. The molecule has 2 aliphatic rings. The lowest BCUT2D eigenvalue weighted by molar-refractivity contribution is -0.112. The van der Waals surface area contributed by atoms with E-state index >= 15 is 0 Å². The molecule has 1 saturated carbocycles. The van der Waals surface area contributed by atoms with Crippen molar-refractivity contribution in [3.05, 3.63) is 33.8 Å². The topological polar surface area (TPSA) is 17.1 Å². The number of hydrogen-bond acceptors (Lipinski definition) is 1. The normalized spacial score (nSPS) is 23.4. The summed E-state index contributed by atoms with van der Waals surface area (Å²) in [6.07, 6.45) is 8.24. The first-order valence-corrected chi connectivity index (χ1v) is 7.94. The van der Waals surface area contributed by atoms with Crippen LogP contribution in [0.4, 0.5) is 0 Å². The molecule has 0 spiro atoms. The Kier molecular flexibility index (Phi) is 3.86. The minimum Gasteiger partial charge on any atom is -0.281 e. The van der Waals surface area contributed by atoms with Gasteiger partial charge in [0.25, 0.3) is 0 Å². The van der Waals surface area contributed by atoms with Crippen molar-refractivity contribution in [3.8, 4) is 0 Å². The number of benzene rings is 1. The van der Waals surface area contributed by atoms with Crippen molar-refractivity contribution < 1.29 is 4.79 Å². The van der Waals surface area contributed by atoms with E-state index in [1.54, 1.807) is 0 Å². The lowest BCUT2D eigenvalue weighted by atomic mass is 9.83. The second kappa shape index (κ2) is 5.46. The lowest BCUT2D eigenvalue weighted by Crippen LogP contribution is -2.07. The van der Waals surface area contributed by atoms with Crippen molar-refractivity contribution in [1.29, 1.82) is 0 Å². The van der Waals surface area contributed by atoms with E-state index < -0.39 is 0 Å². The Balaban J connectivity index is 1.94. The predicted octanol–water partition coefficient (Wildman–Crippen LogP) is 5.18. The van der Waals surface area contributed by atoms with E-state index in [0.717, 1.165) is 23.4 Å². The van der Waals surface area contributed by atoms with Crippen LogP contribution in [-0.4, -0.2) is 5.24 Å². The summed E-state index contributed by atoms with van der Waals surface area (Å²) in [6, 6.07) is 4.24. The Morgan fingerprint density at radius 3 is 2.47 bits per heavy atom. The summed E-state index contributed by atoms with van der Waals surface area (Å²) in [4.78, 5) is 11.4. The third-order valence-corrected chi connectivity index (χ3v) is 5.25. The molecular weight excluding hydrogens is 279 g/mol. The summed E-state index contributed by atoms with van der Waals surface area (Å²) in [5.74, 6) is 0.465. The molecule has 1 atom stereocenters. The molecule has 1 aromatic rings. The molecule has 1 aromatic carbocycles. The van der Waals surface area contributed by atoms with Crippen LogP contribution in [0, 0.1) is 0 Å². The van der Waals surface area contributed by atoms with Crippen molar-refractivity contribution in [2.75, 3.05) is 0 Å². The molecule has 1 fully saturated rings. The second-order valence-corrected chi connectivity index (χ2v) is 6.58. The van der Waals surface area contributed by atoms with Crippen LogP contribution in [0.5, 0.6) is 0 Å². The van der Waals surface area contributed by atoms with Gasteiger partial charge in [-0.15, -0.1) is 0 Å². The molecule has 19 heavy (non-hydrogen) atoms. The zero-order chi connectivity index (χ0) is 13.4. The molecule has 0 amide bonds. The number of rotatable bonds is 2. The van der Waals surface area contributed by atoms with Gasteiger partial charge in [0.05, 0.1) is 5.92 Å². The van der Waals surface area contributed by atoms with Crippen LogP contribution in [0.1, 0.15) is 67.1 Å². The minimum absolute atomic E-state index is 0.144. The SMILES string of the molecule is O=C(Cl)C1CCc2cc(C3CCCCC3)c(Cl)cc21. The van der Waals surface area contributed by atoms with Gasteiger partial charge in [0.1, 0.15) is 0 Å². The highest BCUT2D eigenvalue weighted by atomic mass is 35.5. The van der Waals surface area contributed by atoms with E-state index in [2.05, 4.69) is 6.07 Å². The molecule has 3 rings (SSSR count). The number of aryl methyl sites for hydroxylation is 1. The molecule has 0 saturated heterocycles. The highest BCUT2D eigenvalue weighted by Crippen LogP contribution is 2.42. The van der Waals surface area contributed by atoms with Crippen LogP contribution in [-0.2, 0) is 11.2 Å². The van der Waals surface area contributed by atoms with Gasteiger partial charge in [0.2, 0.25) is 5.24 Å². The fraction of sp³-hybridized carbons (Fsp3) is 0.562. The van der Waals surface area contributed by atoms with Gasteiger partial charge in [-0.1, -0.05) is 36.9 Å². The number of fused-ring (bicyclic) bond motifs is 1. The average molecular weight is 297 g/mol. The second-order valence-electron chi connectivity index (χ2n) is 5.80. The minimum atomic E-state index is -0.250. The van der Waals surface area contributed by atoms with Crippen LogP contribution in [0.25, 0.3) is 0 Å². The Bertz CT molecular complexity index is 504. The van der Waals surface area contributed by atoms with Gasteiger partial charge >= 0.3 is 0 Å². The summed E-state index contributed by atoms with van der Waals surface area (Å²) in [5, 5.41) is 0.579. The first-order valence-electron chi connectivity index (χ1n) is 7.18. The molecule has 0 aliphatic heterocycles. The molecule has 0 radical (unpaired) electrons. The zero-order valence-electron chi connectivity index (χ0n) is 10.9. The monoisotopic (exact) mass is 296 g/mol. The van der Waals surface area contributed by atoms with Gasteiger partial charge in [0.15, 0.2) is 0 Å². The molecule has 102 valence electrons. The molecule has 0 heterocycles. The summed E-state index contributed by atoms with van der Waals surface area (Å²) in [6.45, 7) is 0. The van der Waals surface area contributed by atoms with Crippen molar-refractivity contribution in [2.45, 2.75) is 56.8 Å². The molecule has 0 N–H and O–H groups in total. The van der Waals surface area contributed by atoms with Gasteiger partial charge in [0, 0.05) is 5.02 Å². The molecule has 1 unspecified atom stereocenters. The third kappa shape index (κ3) is 2.55. The number of carbonyl (C=O) groups excluding carboxylic acids is 1. The van der Waals surface area contributed by atoms with Gasteiger partial charge in [-0.25, -0.2) is 0 Å². The van der Waals surface area contributed by atoms with Crippen LogP contribution in [0.3, 0.4) is 0 Å². The fourth-order valence-electron chi connectivity index (χ4n) is 3.61. The van der Waals surface area contributed by atoms with E-state index in [4.69, 9.17) is 23.2 Å². The third-order valence-electron chi connectivity index (χ3n) is 4.66. The van der Waals surface area contributed by atoms with Gasteiger partial charge in [-0.2, -0.15) is 0 Å². The summed E-state index contributed by atoms with van der Waals surface area (Å²) in [7, 11) is 0. The van der Waals surface area contributed by atoms with E-state index in [1.807, 2.05) is 6.07 Å². The smallest absolute Gasteiger partial charge is 0.229 e. The number of halogens is 2. The maximum atomic E-state index is 11.4. The standard InChI is InChI=1S/C16H18Cl2O/c17-15-9-13-11(6-7-12(13)16(18)19)8-14(15)10-4-2-1-3-5-10/h8-10,12H,1-7H2. The van der Waals surface area contributed by atoms with Crippen LogP contribution in [0.15, 0.2) is 12.1 Å². The highest BCUT2D eigenvalue weighted by Gasteiger charge is 2.29. The largest absolute Gasteiger partial charge is 0.281 e. The van der Waals surface area contributed by atoms with Crippen molar-refractivity contribution in [1.82, 2.24) is 0 Å². The first kappa shape index (κ1) is 13.5. The quantitative estimate of drug-likeness (QED) is 0.687. The number of carbonyl (C=O) groups is 1. The van der Waals surface area contributed by atoms with E-state index in [1.165, 1.54) is 43.2 Å². The van der Waals surface area contributed by atoms with E-state index in [0.29, 0.717) is 5.92 Å². The summed E-state index contributed by atoms with van der Waals surface area (Å²) < 4.78 is 0. The van der Waals surface area contributed by atoms with Crippen molar-refractivity contribution in [3.63, 3.8) is 0 Å². The lowest BCUT2D eigenvalue weighted by Gasteiger charge is -2.24. The average Bonchev–Trinajstić information content (AvgIpc) is 2.81. The van der Waals surface area contributed by atoms with Gasteiger partial charge in [-0.3, -0.25) is 4.79 Å². The molecule has 1 nitrogen and oxygen atoms in total. The Labute approximate surface area is 124 Å². The first-order chi connectivity index (χ1) is 9.16. The maximum absolute atomic E-state index is 11.4. The van der Waals surface area contributed by atoms with Crippen LogP contribution < -0.4 is 0 Å². The molecule has 3 heteroatoms. The zero-order valence-corrected chi connectivity index (χ0v) is 12.4. The molecule has 0 aromatic heterocycles. The highest BCUT2D eigenvalue weighted by molar-refractivity contribution is 6.64. The van der Waals surface area contributed by atoms with Crippen molar-refractivity contribution >= 4 is 28.4 Å². The molecule has 0 bridgehead atoms. The van der Waals surface area contributed by atoms with Crippen LogP contribution in [0.2, 0.25) is 5.02 Å². The van der Waals surface area contributed by atoms with Crippen LogP contribution >= 0.6 is 23.2 Å². The van der Waals surface area contributed by atoms with Gasteiger partial charge < -0.3 is 0 Å².